The van der Waals surface area contributed by atoms with E-state index in [-0.39, 0.29) is 0 Å². The second-order valence-corrected chi connectivity index (χ2v) is 5.23. The predicted molar refractivity (Wildman–Crippen MR) is 80.2 cm³/mol. The van der Waals surface area contributed by atoms with Crippen LogP contribution < -0.4 is 5.32 Å². The number of carbonyl (C=O) groups is 1. The van der Waals surface area contributed by atoms with Gasteiger partial charge in [0.25, 0.3) is 0 Å². The van der Waals surface area contributed by atoms with Crippen LogP contribution in [0.1, 0.15) is 36.2 Å². The maximum atomic E-state index is 11.6. The van der Waals surface area contributed by atoms with E-state index in [0.717, 1.165) is 13.0 Å². The summed E-state index contributed by atoms with van der Waals surface area (Å²) in [4.78, 5) is 11.6. The number of benzene rings is 1. The van der Waals surface area contributed by atoms with E-state index < -0.39 is 5.97 Å². The Kier molecular flexibility index (Phi) is 4.49. The van der Waals surface area contributed by atoms with E-state index in [9.17, 15) is 10.1 Å². The molecule has 2 rings (SSSR count). The van der Waals surface area contributed by atoms with Crippen molar-refractivity contribution in [1.29, 1.82) is 5.26 Å². The van der Waals surface area contributed by atoms with Gasteiger partial charge in [-0.3, -0.25) is 0 Å². The fraction of sp³-hybridized carbons (Fsp3) is 0.375. The number of nitrogens with one attached hydrogen (secondary N) is 1. The summed E-state index contributed by atoms with van der Waals surface area (Å²) in [5.41, 5.74) is 1.39. The largest absolute Gasteiger partial charge is 0.465 e. The lowest BCUT2D eigenvalue weighted by atomic mass is 10.1. The average molecular weight is 286 g/mol. The van der Waals surface area contributed by atoms with Crippen LogP contribution in [0.4, 0.5) is 5.88 Å². The third-order valence-electron chi connectivity index (χ3n) is 3.23. The van der Waals surface area contributed by atoms with Gasteiger partial charge in [0.2, 0.25) is 5.88 Å². The molecule has 0 saturated carbocycles. The first-order valence-corrected chi connectivity index (χ1v) is 6.85. The van der Waals surface area contributed by atoms with Crippen molar-refractivity contribution >= 4 is 22.8 Å². The molecule has 1 N–H and O–H groups in total. The molecule has 0 atom stereocenters. The molecule has 1 heterocycles. The summed E-state index contributed by atoms with van der Waals surface area (Å²) in [5, 5.41) is 13.1. The number of ether oxygens (including phenoxy) is 1. The van der Waals surface area contributed by atoms with Crippen LogP contribution in [0, 0.1) is 17.2 Å². The van der Waals surface area contributed by atoms with E-state index in [1.165, 1.54) is 7.11 Å². The number of furan rings is 1. The Morgan fingerprint density at radius 3 is 2.86 bits per heavy atom. The summed E-state index contributed by atoms with van der Waals surface area (Å²) >= 11 is 0. The molecule has 0 bridgehead atoms. The van der Waals surface area contributed by atoms with Crippen LogP contribution in [-0.2, 0) is 4.74 Å². The SMILES string of the molecule is COC(=O)c1ccc2oc(NCCC(C)C)c(C#N)c2c1. The number of esters is 1. The highest BCUT2D eigenvalue weighted by Gasteiger charge is 2.16. The van der Waals surface area contributed by atoms with Gasteiger partial charge >= 0.3 is 5.97 Å². The molecule has 1 aromatic carbocycles. The van der Waals surface area contributed by atoms with Crippen LogP contribution in [0.5, 0.6) is 0 Å². The van der Waals surface area contributed by atoms with Crippen LogP contribution in [0.15, 0.2) is 22.6 Å². The molecule has 21 heavy (non-hydrogen) atoms. The summed E-state index contributed by atoms with van der Waals surface area (Å²) < 4.78 is 10.3. The zero-order valence-corrected chi connectivity index (χ0v) is 12.4. The van der Waals surface area contributed by atoms with E-state index >= 15 is 0 Å². The normalized spacial score (nSPS) is 10.6. The van der Waals surface area contributed by atoms with Gasteiger partial charge in [-0.15, -0.1) is 0 Å². The molecule has 0 aliphatic rings. The Labute approximate surface area is 123 Å². The molecule has 0 radical (unpaired) electrons. The summed E-state index contributed by atoms with van der Waals surface area (Å²) in [6.07, 6.45) is 0.981. The number of nitriles is 1. The van der Waals surface area contributed by atoms with Crippen molar-refractivity contribution in [2.75, 3.05) is 19.0 Å². The molecule has 0 aliphatic heterocycles. The maximum Gasteiger partial charge on any atom is 0.337 e. The monoisotopic (exact) mass is 286 g/mol. The minimum Gasteiger partial charge on any atom is -0.465 e. The number of hydrogen-bond donors (Lipinski definition) is 1. The number of nitrogens with zero attached hydrogens (tertiary/aromatic N) is 1. The first kappa shape index (κ1) is 14.9. The lowest BCUT2D eigenvalue weighted by Crippen LogP contribution is -2.04. The molecule has 2 aromatic rings. The predicted octanol–water partition coefficient (Wildman–Crippen LogP) is 3.55. The van der Waals surface area contributed by atoms with Gasteiger partial charge in [-0.1, -0.05) is 13.8 Å². The molecule has 0 spiro atoms. The van der Waals surface area contributed by atoms with Gasteiger partial charge in [-0.2, -0.15) is 5.26 Å². The summed E-state index contributed by atoms with van der Waals surface area (Å²) in [6.45, 7) is 5.00. The van der Waals surface area contributed by atoms with E-state index in [4.69, 9.17) is 4.42 Å². The van der Waals surface area contributed by atoms with Gasteiger partial charge in [-0.05, 0) is 30.5 Å². The summed E-state index contributed by atoms with van der Waals surface area (Å²) in [5.74, 6) is 0.588. The first-order chi connectivity index (χ1) is 10.1. The van der Waals surface area contributed by atoms with Crippen molar-refractivity contribution in [2.24, 2.45) is 5.92 Å². The van der Waals surface area contributed by atoms with Crippen LogP contribution in [0.3, 0.4) is 0 Å². The minimum absolute atomic E-state index is 0.399. The van der Waals surface area contributed by atoms with Gasteiger partial charge in [0.1, 0.15) is 17.2 Å². The Morgan fingerprint density at radius 2 is 2.24 bits per heavy atom. The van der Waals surface area contributed by atoms with Crippen molar-refractivity contribution in [3.05, 3.63) is 29.3 Å². The van der Waals surface area contributed by atoms with Crippen molar-refractivity contribution < 1.29 is 13.9 Å². The van der Waals surface area contributed by atoms with Crippen molar-refractivity contribution in [1.82, 2.24) is 0 Å². The lowest BCUT2D eigenvalue weighted by Gasteiger charge is -2.05. The van der Waals surface area contributed by atoms with E-state index in [0.29, 0.717) is 33.9 Å². The van der Waals surface area contributed by atoms with Gasteiger partial charge in [0.05, 0.1) is 12.7 Å². The molecule has 0 amide bonds. The second-order valence-electron chi connectivity index (χ2n) is 5.23. The zero-order valence-electron chi connectivity index (χ0n) is 12.4. The molecule has 1 aromatic heterocycles. The van der Waals surface area contributed by atoms with E-state index in [1.807, 2.05) is 0 Å². The molecular formula is C16H18N2O3. The van der Waals surface area contributed by atoms with Crippen LogP contribution in [0.25, 0.3) is 11.0 Å². The Hall–Kier alpha value is -2.48. The fourth-order valence-corrected chi connectivity index (χ4v) is 2.05. The Balaban J connectivity index is 2.35. The molecule has 110 valence electrons. The topological polar surface area (TPSA) is 75.3 Å². The maximum absolute atomic E-state index is 11.6. The van der Waals surface area contributed by atoms with Crippen molar-refractivity contribution in [2.45, 2.75) is 20.3 Å². The van der Waals surface area contributed by atoms with Gasteiger partial charge in [0, 0.05) is 11.9 Å². The minimum atomic E-state index is -0.434. The highest BCUT2D eigenvalue weighted by molar-refractivity contribution is 5.97. The van der Waals surface area contributed by atoms with Gasteiger partial charge < -0.3 is 14.5 Å². The molecule has 0 aliphatic carbocycles. The van der Waals surface area contributed by atoms with Crippen molar-refractivity contribution in [3.8, 4) is 6.07 Å². The molecule has 0 fully saturated rings. The number of rotatable bonds is 5. The zero-order chi connectivity index (χ0) is 15.4. The third-order valence-corrected chi connectivity index (χ3v) is 3.23. The number of fused-ring (bicyclic) bond motifs is 1. The summed E-state index contributed by atoms with van der Waals surface area (Å²) in [6, 6.07) is 7.05. The molecule has 5 heteroatoms. The fourth-order valence-electron chi connectivity index (χ4n) is 2.05. The molecular weight excluding hydrogens is 268 g/mol. The lowest BCUT2D eigenvalue weighted by molar-refractivity contribution is 0.0601. The number of methoxy groups -OCH3 is 1. The molecule has 5 nitrogen and oxygen atoms in total. The Morgan fingerprint density at radius 1 is 1.48 bits per heavy atom. The number of hydrogen-bond acceptors (Lipinski definition) is 5. The Bertz CT molecular complexity index is 695. The second kappa shape index (κ2) is 6.31. The standard InChI is InChI=1S/C16H18N2O3/c1-10(2)6-7-18-15-13(9-17)12-8-11(16(19)20-3)4-5-14(12)21-15/h4-5,8,10,18H,6-7H2,1-3H3. The van der Waals surface area contributed by atoms with Crippen molar-refractivity contribution in [3.63, 3.8) is 0 Å². The first-order valence-electron chi connectivity index (χ1n) is 6.85. The quantitative estimate of drug-likeness (QED) is 0.851. The number of carbonyl (C=O) groups excluding carboxylic acids is 1. The van der Waals surface area contributed by atoms with Crippen LogP contribution in [-0.4, -0.2) is 19.6 Å². The smallest absolute Gasteiger partial charge is 0.337 e. The van der Waals surface area contributed by atoms with Crippen LogP contribution >= 0.6 is 0 Å². The molecule has 0 unspecified atom stereocenters. The molecule has 0 saturated heterocycles. The van der Waals surface area contributed by atoms with Crippen LogP contribution in [0.2, 0.25) is 0 Å². The van der Waals surface area contributed by atoms with E-state index in [1.54, 1.807) is 18.2 Å². The van der Waals surface area contributed by atoms with Gasteiger partial charge in [-0.25, -0.2) is 4.79 Å². The average Bonchev–Trinajstić information content (AvgIpc) is 2.82. The number of anilines is 1. The highest BCUT2D eigenvalue weighted by atomic mass is 16.5. The van der Waals surface area contributed by atoms with Gasteiger partial charge in [0.15, 0.2) is 0 Å². The summed E-state index contributed by atoms with van der Waals surface area (Å²) in [7, 11) is 1.33. The highest BCUT2D eigenvalue weighted by Crippen LogP contribution is 2.30. The van der Waals surface area contributed by atoms with E-state index in [2.05, 4.69) is 30.0 Å². The third kappa shape index (κ3) is 3.16.